The molecular formula is C12H25N. The lowest BCUT2D eigenvalue weighted by molar-refractivity contribution is 0.117. The number of hydrogen-bond donors (Lipinski definition) is 1. The van der Waals surface area contributed by atoms with Crippen molar-refractivity contribution in [1.29, 1.82) is 0 Å². The van der Waals surface area contributed by atoms with Gasteiger partial charge < -0.3 is 5.32 Å². The highest BCUT2D eigenvalue weighted by Crippen LogP contribution is 2.48. The molecule has 0 amide bonds. The normalized spacial score (nSPS) is 38.1. The first kappa shape index (κ1) is 11.0. The maximum absolute atomic E-state index is 3.69. The van der Waals surface area contributed by atoms with E-state index in [0.29, 0.717) is 10.8 Å². The predicted molar refractivity (Wildman–Crippen MR) is 58.9 cm³/mol. The molecule has 0 aliphatic carbocycles. The van der Waals surface area contributed by atoms with Crippen LogP contribution in [-0.2, 0) is 0 Å². The van der Waals surface area contributed by atoms with Gasteiger partial charge in [-0.15, -0.1) is 0 Å². The molecule has 1 fully saturated rings. The van der Waals surface area contributed by atoms with Crippen molar-refractivity contribution in [2.45, 2.75) is 59.9 Å². The van der Waals surface area contributed by atoms with Gasteiger partial charge in [-0.3, -0.25) is 0 Å². The lowest BCUT2D eigenvalue weighted by Crippen LogP contribution is -2.38. The molecule has 1 nitrogen and oxygen atoms in total. The third-order valence-corrected chi connectivity index (χ3v) is 4.52. The molecule has 0 saturated carbocycles. The predicted octanol–water partition coefficient (Wildman–Crippen LogP) is 3.20. The lowest BCUT2D eigenvalue weighted by atomic mass is 9.64. The molecule has 0 aromatic heterocycles. The molecule has 2 atom stereocenters. The fourth-order valence-corrected chi connectivity index (χ4v) is 2.58. The quantitative estimate of drug-likeness (QED) is 0.708. The minimum absolute atomic E-state index is 0.456. The minimum Gasteiger partial charge on any atom is -0.313 e. The van der Waals surface area contributed by atoms with Gasteiger partial charge in [0.15, 0.2) is 0 Å². The molecule has 1 saturated heterocycles. The summed E-state index contributed by atoms with van der Waals surface area (Å²) in [5.74, 6) is 0. The summed E-state index contributed by atoms with van der Waals surface area (Å²) in [6.45, 7) is 13.1. The SMILES string of the molecule is CCCC1NCC(C)(CC)C1(C)C. The summed E-state index contributed by atoms with van der Waals surface area (Å²) in [4.78, 5) is 0. The van der Waals surface area contributed by atoms with Gasteiger partial charge in [0.25, 0.3) is 0 Å². The largest absolute Gasteiger partial charge is 0.313 e. The number of hydrogen-bond acceptors (Lipinski definition) is 1. The highest BCUT2D eigenvalue weighted by molar-refractivity contribution is 5.03. The molecule has 1 heteroatoms. The fourth-order valence-electron chi connectivity index (χ4n) is 2.58. The van der Waals surface area contributed by atoms with Crippen LogP contribution >= 0.6 is 0 Å². The second-order valence-corrected chi connectivity index (χ2v) is 5.36. The Bertz CT molecular complexity index is 174. The monoisotopic (exact) mass is 183 g/mol. The molecule has 2 unspecified atom stereocenters. The van der Waals surface area contributed by atoms with Crippen LogP contribution in [0.5, 0.6) is 0 Å². The van der Waals surface area contributed by atoms with Crippen molar-refractivity contribution >= 4 is 0 Å². The van der Waals surface area contributed by atoms with Gasteiger partial charge in [-0.25, -0.2) is 0 Å². The second-order valence-electron chi connectivity index (χ2n) is 5.36. The first-order valence-corrected chi connectivity index (χ1v) is 5.71. The molecule has 0 aromatic carbocycles. The Morgan fingerprint density at radius 3 is 2.23 bits per heavy atom. The van der Waals surface area contributed by atoms with Gasteiger partial charge >= 0.3 is 0 Å². The molecular weight excluding hydrogens is 158 g/mol. The molecule has 1 rings (SSSR count). The fraction of sp³-hybridized carbons (Fsp3) is 1.00. The number of rotatable bonds is 3. The van der Waals surface area contributed by atoms with E-state index >= 15 is 0 Å². The van der Waals surface area contributed by atoms with Crippen molar-refractivity contribution in [1.82, 2.24) is 5.32 Å². The Morgan fingerprint density at radius 1 is 1.23 bits per heavy atom. The summed E-state index contributed by atoms with van der Waals surface area (Å²) in [6, 6.07) is 0.724. The Morgan fingerprint density at radius 2 is 1.85 bits per heavy atom. The van der Waals surface area contributed by atoms with E-state index in [0.717, 1.165) is 6.04 Å². The standard InChI is InChI=1S/C12H25N/c1-6-8-10-11(3,4)12(5,7-2)9-13-10/h10,13H,6-9H2,1-5H3. The van der Waals surface area contributed by atoms with Crippen LogP contribution in [0.3, 0.4) is 0 Å². The molecule has 0 radical (unpaired) electrons. The van der Waals surface area contributed by atoms with Crippen molar-refractivity contribution in [2.75, 3.05) is 6.54 Å². The smallest absolute Gasteiger partial charge is 0.0124 e. The van der Waals surface area contributed by atoms with Crippen LogP contribution in [0.25, 0.3) is 0 Å². The van der Waals surface area contributed by atoms with Crippen molar-refractivity contribution in [2.24, 2.45) is 10.8 Å². The molecule has 1 aliphatic rings. The van der Waals surface area contributed by atoms with Crippen molar-refractivity contribution in [3.63, 3.8) is 0 Å². The van der Waals surface area contributed by atoms with E-state index in [9.17, 15) is 0 Å². The van der Waals surface area contributed by atoms with E-state index in [1.54, 1.807) is 0 Å². The molecule has 1 aliphatic heterocycles. The van der Waals surface area contributed by atoms with Crippen molar-refractivity contribution in [3.05, 3.63) is 0 Å². The van der Waals surface area contributed by atoms with Crippen LogP contribution in [0, 0.1) is 10.8 Å². The van der Waals surface area contributed by atoms with Gasteiger partial charge in [0.1, 0.15) is 0 Å². The maximum Gasteiger partial charge on any atom is 0.0124 e. The third kappa shape index (κ3) is 1.63. The van der Waals surface area contributed by atoms with Crippen LogP contribution in [0.4, 0.5) is 0 Å². The Kier molecular flexibility index (Phi) is 3.06. The maximum atomic E-state index is 3.69. The summed E-state index contributed by atoms with van der Waals surface area (Å²) in [5, 5.41) is 3.69. The topological polar surface area (TPSA) is 12.0 Å². The van der Waals surface area contributed by atoms with Crippen LogP contribution in [0.1, 0.15) is 53.9 Å². The molecule has 13 heavy (non-hydrogen) atoms. The van der Waals surface area contributed by atoms with Gasteiger partial charge in [0, 0.05) is 12.6 Å². The zero-order chi connectivity index (χ0) is 10.1. The number of nitrogens with one attached hydrogen (secondary N) is 1. The first-order chi connectivity index (χ1) is 5.98. The average molecular weight is 183 g/mol. The van der Waals surface area contributed by atoms with Gasteiger partial charge in [-0.05, 0) is 23.7 Å². The summed E-state index contributed by atoms with van der Waals surface area (Å²) in [7, 11) is 0. The zero-order valence-corrected chi connectivity index (χ0v) is 9.91. The van der Waals surface area contributed by atoms with Crippen LogP contribution in [-0.4, -0.2) is 12.6 Å². The van der Waals surface area contributed by atoms with E-state index in [-0.39, 0.29) is 0 Å². The zero-order valence-electron chi connectivity index (χ0n) is 9.91. The summed E-state index contributed by atoms with van der Waals surface area (Å²) in [6.07, 6.45) is 3.90. The van der Waals surface area contributed by atoms with Gasteiger partial charge in [0.2, 0.25) is 0 Å². The first-order valence-electron chi connectivity index (χ1n) is 5.71. The van der Waals surface area contributed by atoms with Gasteiger partial charge in [-0.1, -0.05) is 41.0 Å². The summed E-state index contributed by atoms with van der Waals surface area (Å²) >= 11 is 0. The van der Waals surface area contributed by atoms with E-state index in [1.165, 1.54) is 25.8 Å². The average Bonchev–Trinajstić information content (AvgIpc) is 2.30. The summed E-state index contributed by atoms with van der Waals surface area (Å²) in [5.41, 5.74) is 0.949. The second kappa shape index (κ2) is 3.61. The van der Waals surface area contributed by atoms with E-state index in [2.05, 4.69) is 39.9 Å². The minimum atomic E-state index is 0.456. The molecule has 0 spiro atoms. The highest BCUT2D eigenvalue weighted by Gasteiger charge is 2.49. The van der Waals surface area contributed by atoms with Crippen LogP contribution in [0.15, 0.2) is 0 Å². The Labute approximate surface area is 83.3 Å². The van der Waals surface area contributed by atoms with Crippen LogP contribution in [0.2, 0.25) is 0 Å². The lowest BCUT2D eigenvalue weighted by Gasteiger charge is -2.40. The van der Waals surface area contributed by atoms with Crippen LogP contribution < -0.4 is 5.32 Å². The van der Waals surface area contributed by atoms with E-state index < -0.39 is 0 Å². The Balaban J connectivity index is 2.76. The van der Waals surface area contributed by atoms with E-state index in [4.69, 9.17) is 0 Å². The molecule has 1 N–H and O–H groups in total. The molecule has 78 valence electrons. The molecule has 0 bridgehead atoms. The van der Waals surface area contributed by atoms with Crippen molar-refractivity contribution in [3.8, 4) is 0 Å². The molecule has 1 heterocycles. The highest BCUT2D eigenvalue weighted by atomic mass is 15.0. The summed E-state index contributed by atoms with van der Waals surface area (Å²) < 4.78 is 0. The van der Waals surface area contributed by atoms with E-state index in [1.807, 2.05) is 0 Å². The van der Waals surface area contributed by atoms with Gasteiger partial charge in [-0.2, -0.15) is 0 Å². The van der Waals surface area contributed by atoms with Gasteiger partial charge in [0.05, 0.1) is 0 Å². The van der Waals surface area contributed by atoms with Crippen molar-refractivity contribution < 1.29 is 0 Å². The Hall–Kier alpha value is -0.0400. The molecule has 0 aromatic rings. The third-order valence-electron chi connectivity index (χ3n) is 4.52.